The molecule has 0 aliphatic carbocycles. The van der Waals surface area contributed by atoms with Crippen LogP contribution in [0.3, 0.4) is 0 Å². The normalized spacial score (nSPS) is 26.3. The van der Waals surface area contributed by atoms with E-state index in [2.05, 4.69) is 17.1 Å². The van der Waals surface area contributed by atoms with Crippen molar-refractivity contribution in [2.75, 3.05) is 29.6 Å². The number of para-hydroxylation sites is 1. The van der Waals surface area contributed by atoms with Crippen molar-refractivity contribution in [2.24, 2.45) is 5.92 Å². The molecule has 3 rings (SSSR count). The van der Waals surface area contributed by atoms with Gasteiger partial charge in [-0.3, -0.25) is 0 Å². The number of hydrogen-bond acceptors (Lipinski definition) is 4. The maximum Gasteiger partial charge on any atom is 0.177 e. The number of nitrogens with one attached hydrogen (secondary N) is 1. The minimum Gasteiger partial charge on any atom is -0.380 e. The Morgan fingerprint density at radius 1 is 1.37 bits per heavy atom. The molecule has 2 unspecified atom stereocenters. The van der Waals surface area contributed by atoms with E-state index in [1.165, 1.54) is 19.1 Å². The first-order valence-corrected chi connectivity index (χ1v) is 8.71. The van der Waals surface area contributed by atoms with Crippen LogP contribution in [0.15, 0.2) is 23.1 Å². The molecule has 0 bridgehead atoms. The lowest BCUT2D eigenvalue weighted by Gasteiger charge is -2.46. The summed E-state index contributed by atoms with van der Waals surface area (Å²) in [5.74, 6) is 0.649. The van der Waals surface area contributed by atoms with E-state index in [-0.39, 0.29) is 0 Å². The molecule has 0 aromatic heterocycles. The summed E-state index contributed by atoms with van der Waals surface area (Å²) in [6.45, 7) is 4.14. The second-order valence-electron chi connectivity index (χ2n) is 5.68. The van der Waals surface area contributed by atoms with Gasteiger partial charge in [0.1, 0.15) is 0 Å². The smallest absolute Gasteiger partial charge is 0.177 e. The summed E-state index contributed by atoms with van der Waals surface area (Å²) in [6.07, 6.45) is 3.71. The fourth-order valence-corrected chi connectivity index (χ4v) is 4.18. The zero-order valence-electron chi connectivity index (χ0n) is 11.4. The van der Waals surface area contributed by atoms with E-state index < -0.39 is 9.84 Å². The molecule has 1 aromatic carbocycles. The number of piperidine rings is 1. The SMILES string of the molecule is CC1CCCN2c3cccc(S(C)(=O)=O)c3NCC12. The number of sulfone groups is 1. The number of anilines is 2. The summed E-state index contributed by atoms with van der Waals surface area (Å²) >= 11 is 0. The molecular weight excluding hydrogens is 260 g/mol. The Morgan fingerprint density at radius 2 is 2.16 bits per heavy atom. The molecule has 0 radical (unpaired) electrons. The lowest BCUT2D eigenvalue weighted by molar-refractivity contribution is 0.350. The van der Waals surface area contributed by atoms with E-state index in [4.69, 9.17) is 0 Å². The molecule has 2 aliphatic rings. The maximum atomic E-state index is 11.9. The molecule has 5 heteroatoms. The Bertz CT molecular complexity index is 597. The van der Waals surface area contributed by atoms with Crippen molar-refractivity contribution < 1.29 is 8.42 Å². The fraction of sp³-hybridized carbons (Fsp3) is 0.571. The maximum absolute atomic E-state index is 11.9. The first-order chi connectivity index (χ1) is 8.98. The third-order valence-corrected chi connectivity index (χ3v) is 5.46. The summed E-state index contributed by atoms with van der Waals surface area (Å²) in [7, 11) is -3.18. The predicted octanol–water partition coefficient (Wildman–Crippen LogP) is 2.12. The third kappa shape index (κ3) is 2.10. The van der Waals surface area contributed by atoms with Crippen LogP contribution in [-0.2, 0) is 9.84 Å². The van der Waals surface area contributed by atoms with Crippen LogP contribution in [0.25, 0.3) is 0 Å². The molecule has 0 spiro atoms. The number of nitrogens with zero attached hydrogens (tertiary/aromatic N) is 1. The highest BCUT2D eigenvalue weighted by Gasteiger charge is 2.34. The van der Waals surface area contributed by atoms with Gasteiger partial charge >= 0.3 is 0 Å². The van der Waals surface area contributed by atoms with Crippen LogP contribution < -0.4 is 10.2 Å². The van der Waals surface area contributed by atoms with Gasteiger partial charge in [-0.1, -0.05) is 13.0 Å². The minimum absolute atomic E-state index is 0.418. The van der Waals surface area contributed by atoms with Crippen molar-refractivity contribution in [3.05, 3.63) is 18.2 Å². The average Bonchev–Trinajstić information content (AvgIpc) is 2.37. The molecule has 2 atom stereocenters. The van der Waals surface area contributed by atoms with E-state index in [1.807, 2.05) is 12.1 Å². The van der Waals surface area contributed by atoms with Gasteiger partial charge in [-0.25, -0.2) is 8.42 Å². The first-order valence-electron chi connectivity index (χ1n) is 6.82. The lowest BCUT2D eigenvalue weighted by Crippen LogP contribution is -2.51. The highest BCUT2D eigenvalue weighted by molar-refractivity contribution is 7.90. The molecule has 1 saturated heterocycles. The van der Waals surface area contributed by atoms with E-state index in [0.29, 0.717) is 16.9 Å². The van der Waals surface area contributed by atoms with Gasteiger partial charge in [0.15, 0.2) is 9.84 Å². The van der Waals surface area contributed by atoms with E-state index in [0.717, 1.165) is 24.5 Å². The van der Waals surface area contributed by atoms with Crippen LogP contribution in [0.5, 0.6) is 0 Å². The number of rotatable bonds is 1. The minimum atomic E-state index is -3.18. The zero-order valence-corrected chi connectivity index (χ0v) is 12.2. The average molecular weight is 280 g/mol. The largest absolute Gasteiger partial charge is 0.380 e. The zero-order chi connectivity index (χ0) is 13.6. The molecule has 19 heavy (non-hydrogen) atoms. The van der Waals surface area contributed by atoms with E-state index in [1.54, 1.807) is 6.07 Å². The summed E-state index contributed by atoms with van der Waals surface area (Å²) in [6, 6.07) is 6.05. The Kier molecular flexibility index (Phi) is 2.96. The highest BCUT2D eigenvalue weighted by atomic mass is 32.2. The summed E-state index contributed by atoms with van der Waals surface area (Å²) in [5.41, 5.74) is 1.83. The van der Waals surface area contributed by atoms with Gasteiger partial charge in [0.25, 0.3) is 0 Å². The first kappa shape index (κ1) is 12.8. The number of fused-ring (bicyclic) bond motifs is 3. The Balaban J connectivity index is 2.10. The van der Waals surface area contributed by atoms with Gasteiger partial charge in [0.2, 0.25) is 0 Å². The van der Waals surface area contributed by atoms with Crippen LogP contribution in [0.2, 0.25) is 0 Å². The van der Waals surface area contributed by atoms with Crippen molar-refractivity contribution >= 4 is 21.2 Å². The van der Waals surface area contributed by atoms with Gasteiger partial charge < -0.3 is 10.2 Å². The van der Waals surface area contributed by atoms with Crippen molar-refractivity contribution in [1.29, 1.82) is 0 Å². The van der Waals surface area contributed by atoms with Gasteiger partial charge in [-0.2, -0.15) is 0 Å². The molecule has 0 amide bonds. The summed E-state index contributed by atoms with van der Waals surface area (Å²) in [5, 5.41) is 3.35. The molecule has 2 heterocycles. The third-order valence-electron chi connectivity index (χ3n) is 4.32. The van der Waals surface area contributed by atoms with Crippen LogP contribution in [0.1, 0.15) is 19.8 Å². The van der Waals surface area contributed by atoms with Gasteiger partial charge in [0.05, 0.1) is 16.3 Å². The monoisotopic (exact) mass is 280 g/mol. The fourth-order valence-electron chi connectivity index (χ4n) is 3.31. The standard InChI is InChI=1S/C14H20N2O2S/c1-10-5-4-8-16-11-6-3-7-13(19(2,17)18)14(11)15-9-12(10)16/h3,6-7,10,12,15H,4-5,8-9H2,1-2H3. The summed E-state index contributed by atoms with van der Waals surface area (Å²) < 4.78 is 23.7. The van der Waals surface area contributed by atoms with Crippen LogP contribution in [0.4, 0.5) is 11.4 Å². The highest BCUT2D eigenvalue weighted by Crippen LogP contribution is 2.40. The molecule has 2 aliphatic heterocycles. The molecule has 0 saturated carbocycles. The molecule has 4 nitrogen and oxygen atoms in total. The molecule has 104 valence electrons. The van der Waals surface area contributed by atoms with Crippen molar-refractivity contribution in [2.45, 2.75) is 30.7 Å². The van der Waals surface area contributed by atoms with Crippen molar-refractivity contribution in [3.8, 4) is 0 Å². The molecule has 1 N–H and O–H groups in total. The summed E-state index contributed by atoms with van der Waals surface area (Å²) in [4.78, 5) is 2.80. The Hall–Kier alpha value is -1.23. The quantitative estimate of drug-likeness (QED) is 0.856. The molecule has 1 aromatic rings. The van der Waals surface area contributed by atoms with Gasteiger partial charge in [0, 0.05) is 25.4 Å². The molecular formula is C14H20N2O2S. The van der Waals surface area contributed by atoms with Gasteiger partial charge in [-0.05, 0) is 30.9 Å². The van der Waals surface area contributed by atoms with Crippen molar-refractivity contribution in [3.63, 3.8) is 0 Å². The van der Waals surface area contributed by atoms with Crippen molar-refractivity contribution in [1.82, 2.24) is 0 Å². The lowest BCUT2D eigenvalue weighted by atomic mass is 9.88. The molecule has 1 fully saturated rings. The van der Waals surface area contributed by atoms with Crippen LogP contribution in [0, 0.1) is 5.92 Å². The van der Waals surface area contributed by atoms with Crippen LogP contribution >= 0.6 is 0 Å². The van der Waals surface area contributed by atoms with E-state index in [9.17, 15) is 8.42 Å². The second-order valence-corrected chi connectivity index (χ2v) is 7.67. The topological polar surface area (TPSA) is 49.4 Å². The Labute approximate surface area is 114 Å². The number of benzene rings is 1. The second kappa shape index (κ2) is 4.40. The Morgan fingerprint density at radius 3 is 2.89 bits per heavy atom. The van der Waals surface area contributed by atoms with Gasteiger partial charge in [-0.15, -0.1) is 0 Å². The predicted molar refractivity (Wildman–Crippen MR) is 77.6 cm³/mol. The van der Waals surface area contributed by atoms with Crippen LogP contribution in [-0.4, -0.2) is 33.8 Å². The number of hydrogen-bond donors (Lipinski definition) is 1. The van der Waals surface area contributed by atoms with E-state index >= 15 is 0 Å².